The van der Waals surface area contributed by atoms with Gasteiger partial charge in [-0.15, -0.1) is 5.10 Å². The lowest BCUT2D eigenvalue weighted by molar-refractivity contribution is 0.284. The van der Waals surface area contributed by atoms with E-state index in [1.165, 1.54) is 0 Å². The Morgan fingerprint density at radius 2 is 1.86 bits per heavy atom. The van der Waals surface area contributed by atoms with E-state index in [0.29, 0.717) is 45.8 Å². The Kier molecular flexibility index (Phi) is 6.04. The van der Waals surface area contributed by atoms with E-state index in [2.05, 4.69) is 16.3 Å². The topological polar surface area (TPSA) is 106 Å². The van der Waals surface area contributed by atoms with E-state index in [1.807, 2.05) is 60.7 Å². The number of H-pyrrole nitrogens is 1. The number of nitrogens with two attached hydrogens (primary N) is 1. The van der Waals surface area contributed by atoms with Gasteiger partial charge in [-0.25, -0.2) is 0 Å². The lowest BCUT2D eigenvalue weighted by Gasteiger charge is -2.24. The third-order valence-corrected chi connectivity index (χ3v) is 6.08. The van der Waals surface area contributed by atoms with Crippen molar-refractivity contribution in [2.24, 2.45) is 5.73 Å². The van der Waals surface area contributed by atoms with Gasteiger partial charge in [0.05, 0.1) is 24.3 Å². The highest BCUT2D eigenvalue weighted by atomic mass is 35.5. The molecule has 4 aromatic rings. The Labute approximate surface area is 207 Å². The quantitative estimate of drug-likeness (QED) is 0.372. The summed E-state index contributed by atoms with van der Waals surface area (Å²) in [5.41, 5.74) is 10.5. The number of allylic oxidation sites excluding steroid dienone is 1. The predicted molar refractivity (Wildman–Crippen MR) is 132 cm³/mol. The molecule has 0 amide bonds. The third kappa shape index (κ3) is 4.27. The van der Waals surface area contributed by atoms with E-state index < -0.39 is 5.92 Å². The van der Waals surface area contributed by atoms with Crippen LogP contribution >= 0.6 is 11.6 Å². The van der Waals surface area contributed by atoms with Gasteiger partial charge in [-0.3, -0.25) is 5.10 Å². The van der Waals surface area contributed by atoms with Crippen molar-refractivity contribution in [2.75, 3.05) is 7.11 Å². The van der Waals surface area contributed by atoms with Crippen LogP contribution in [0.4, 0.5) is 0 Å². The number of methoxy groups -OCH3 is 1. The highest BCUT2D eigenvalue weighted by molar-refractivity contribution is 6.30. The van der Waals surface area contributed by atoms with E-state index in [0.717, 1.165) is 16.7 Å². The first-order valence-corrected chi connectivity index (χ1v) is 11.2. The molecule has 1 atom stereocenters. The van der Waals surface area contributed by atoms with Gasteiger partial charge in [0.15, 0.2) is 11.5 Å². The number of rotatable bonds is 6. The molecule has 3 aromatic carbocycles. The van der Waals surface area contributed by atoms with Gasteiger partial charge >= 0.3 is 0 Å². The molecule has 5 rings (SSSR count). The molecule has 3 N–H and O–H groups in total. The number of nitrogens with one attached hydrogen (secondary N) is 1. The van der Waals surface area contributed by atoms with Crippen LogP contribution < -0.4 is 19.9 Å². The number of halogens is 1. The first-order chi connectivity index (χ1) is 17.1. The number of nitriles is 1. The molecule has 0 unspecified atom stereocenters. The summed E-state index contributed by atoms with van der Waals surface area (Å²) >= 11 is 6.10. The van der Waals surface area contributed by atoms with Crippen molar-refractivity contribution < 1.29 is 14.2 Å². The number of hydrogen-bond acceptors (Lipinski definition) is 6. The van der Waals surface area contributed by atoms with Gasteiger partial charge in [0.25, 0.3) is 0 Å². The Balaban J connectivity index is 1.54. The molecule has 1 aromatic heterocycles. The lowest BCUT2D eigenvalue weighted by atomic mass is 9.83. The Morgan fingerprint density at radius 3 is 2.57 bits per heavy atom. The largest absolute Gasteiger partial charge is 0.493 e. The zero-order valence-electron chi connectivity index (χ0n) is 18.8. The second kappa shape index (κ2) is 9.45. The van der Waals surface area contributed by atoms with Crippen LogP contribution in [-0.4, -0.2) is 17.3 Å². The minimum absolute atomic E-state index is 0.0280. The number of aromatic amines is 1. The molecule has 1 aliphatic heterocycles. The summed E-state index contributed by atoms with van der Waals surface area (Å²) in [6.45, 7) is 0.415. The van der Waals surface area contributed by atoms with Gasteiger partial charge in [0.1, 0.15) is 18.2 Å². The number of aromatic nitrogens is 2. The maximum atomic E-state index is 9.88. The predicted octanol–water partition coefficient (Wildman–Crippen LogP) is 5.54. The van der Waals surface area contributed by atoms with Crippen LogP contribution in [0.1, 0.15) is 22.6 Å². The van der Waals surface area contributed by atoms with Crippen LogP contribution in [0.3, 0.4) is 0 Å². The SMILES string of the molecule is COc1cc(-c2[nH]nc3c2[C@H](c2ccc(Cl)cc2)C(C#N)=C(N)O3)ccc1OCc1ccccc1. The van der Waals surface area contributed by atoms with E-state index >= 15 is 0 Å². The van der Waals surface area contributed by atoms with Crippen LogP contribution in [0.15, 0.2) is 84.3 Å². The third-order valence-electron chi connectivity index (χ3n) is 5.83. The standard InChI is InChI=1S/C27H21ClN4O3/c1-33-22-13-18(9-12-21(22)34-15-16-5-3-2-4-6-16)25-24-23(17-7-10-19(28)11-8-17)20(14-29)26(30)35-27(24)32-31-25/h2-13,23H,15,30H2,1H3,(H,31,32)/t23-/m1/s1. The smallest absolute Gasteiger partial charge is 0.244 e. The number of ether oxygens (including phenoxy) is 3. The van der Waals surface area contributed by atoms with Crippen molar-refractivity contribution in [3.05, 3.63) is 106 Å². The van der Waals surface area contributed by atoms with Crippen LogP contribution in [0.2, 0.25) is 5.02 Å². The van der Waals surface area contributed by atoms with Gasteiger partial charge in [-0.2, -0.15) is 5.26 Å². The minimum Gasteiger partial charge on any atom is -0.493 e. The molecule has 0 bridgehead atoms. The molecular weight excluding hydrogens is 464 g/mol. The number of benzene rings is 3. The first kappa shape index (κ1) is 22.4. The molecule has 0 spiro atoms. The Hall–Kier alpha value is -4.41. The maximum absolute atomic E-state index is 9.88. The molecule has 8 heteroatoms. The van der Waals surface area contributed by atoms with Gasteiger partial charge in [0, 0.05) is 10.6 Å². The second-order valence-corrected chi connectivity index (χ2v) is 8.37. The average molecular weight is 485 g/mol. The normalized spacial score (nSPS) is 14.6. The zero-order chi connectivity index (χ0) is 24.4. The highest BCUT2D eigenvalue weighted by Crippen LogP contribution is 2.46. The molecular formula is C27H21ClN4O3. The minimum atomic E-state index is -0.477. The van der Waals surface area contributed by atoms with Crippen molar-refractivity contribution in [2.45, 2.75) is 12.5 Å². The van der Waals surface area contributed by atoms with Crippen LogP contribution in [0.25, 0.3) is 11.3 Å². The molecule has 2 heterocycles. The summed E-state index contributed by atoms with van der Waals surface area (Å²) in [4.78, 5) is 0. The van der Waals surface area contributed by atoms with Crippen molar-refractivity contribution in [3.63, 3.8) is 0 Å². The molecule has 0 saturated carbocycles. The summed E-state index contributed by atoms with van der Waals surface area (Å²) in [6.07, 6.45) is 0. The van der Waals surface area contributed by atoms with Gasteiger partial charge in [-0.1, -0.05) is 54.1 Å². The summed E-state index contributed by atoms with van der Waals surface area (Å²) in [7, 11) is 1.59. The number of fused-ring (bicyclic) bond motifs is 1. The van der Waals surface area contributed by atoms with Gasteiger partial charge in [-0.05, 0) is 41.5 Å². The zero-order valence-corrected chi connectivity index (χ0v) is 19.5. The number of hydrogen-bond donors (Lipinski definition) is 2. The molecule has 35 heavy (non-hydrogen) atoms. The molecule has 0 saturated heterocycles. The summed E-state index contributed by atoms with van der Waals surface area (Å²) in [6, 6.07) is 25.0. The molecule has 0 radical (unpaired) electrons. The summed E-state index contributed by atoms with van der Waals surface area (Å²) < 4.78 is 17.3. The van der Waals surface area contributed by atoms with Crippen LogP contribution in [0, 0.1) is 11.3 Å². The highest BCUT2D eigenvalue weighted by Gasteiger charge is 2.35. The van der Waals surface area contributed by atoms with Gasteiger partial charge in [0.2, 0.25) is 11.8 Å². The van der Waals surface area contributed by atoms with Crippen molar-refractivity contribution in [1.82, 2.24) is 10.2 Å². The summed E-state index contributed by atoms with van der Waals surface area (Å²) in [5.74, 6) is 1.05. The van der Waals surface area contributed by atoms with E-state index in [1.54, 1.807) is 19.2 Å². The van der Waals surface area contributed by atoms with Crippen LogP contribution in [0.5, 0.6) is 17.4 Å². The lowest BCUT2D eigenvalue weighted by Crippen LogP contribution is -2.20. The molecule has 1 aliphatic rings. The van der Waals surface area contributed by atoms with E-state index in [4.69, 9.17) is 31.5 Å². The van der Waals surface area contributed by atoms with Gasteiger partial charge < -0.3 is 19.9 Å². The van der Waals surface area contributed by atoms with E-state index in [9.17, 15) is 5.26 Å². The fourth-order valence-electron chi connectivity index (χ4n) is 4.13. The van der Waals surface area contributed by atoms with Crippen molar-refractivity contribution in [3.8, 4) is 34.7 Å². The van der Waals surface area contributed by atoms with Crippen LogP contribution in [-0.2, 0) is 6.61 Å². The number of nitrogens with zero attached hydrogens (tertiary/aromatic N) is 2. The van der Waals surface area contributed by atoms with Crippen molar-refractivity contribution in [1.29, 1.82) is 5.26 Å². The molecule has 0 aliphatic carbocycles. The Morgan fingerprint density at radius 1 is 1.09 bits per heavy atom. The molecule has 7 nitrogen and oxygen atoms in total. The Bertz CT molecular complexity index is 1440. The molecule has 174 valence electrons. The second-order valence-electron chi connectivity index (χ2n) is 7.93. The summed E-state index contributed by atoms with van der Waals surface area (Å²) in [5, 5.41) is 17.9. The fraction of sp³-hybridized carbons (Fsp3) is 0.111. The maximum Gasteiger partial charge on any atom is 0.244 e. The fourth-order valence-corrected chi connectivity index (χ4v) is 4.26. The molecule has 0 fully saturated rings. The van der Waals surface area contributed by atoms with E-state index in [-0.39, 0.29) is 5.88 Å². The average Bonchev–Trinajstić information content (AvgIpc) is 3.31. The van der Waals surface area contributed by atoms with Crippen molar-refractivity contribution >= 4 is 11.6 Å². The monoisotopic (exact) mass is 484 g/mol. The first-order valence-electron chi connectivity index (χ1n) is 10.9.